The van der Waals surface area contributed by atoms with E-state index < -0.39 is 5.54 Å². The number of amides is 1. The van der Waals surface area contributed by atoms with Gasteiger partial charge in [0.25, 0.3) is 5.56 Å². The molecule has 2 rings (SSSR count). The monoisotopic (exact) mass is 303 g/mol. The van der Waals surface area contributed by atoms with Gasteiger partial charge in [-0.05, 0) is 24.3 Å². The summed E-state index contributed by atoms with van der Waals surface area (Å²) in [6, 6.07) is 1.72. The highest BCUT2D eigenvalue weighted by Crippen LogP contribution is 2.14. The topological polar surface area (TPSA) is 64.0 Å². The van der Waals surface area contributed by atoms with Crippen molar-refractivity contribution in [2.45, 2.75) is 38.8 Å². The van der Waals surface area contributed by atoms with Gasteiger partial charge in [-0.15, -0.1) is 17.8 Å². The highest BCUT2D eigenvalue weighted by atomic mass is 32.1. The molecule has 0 atom stereocenters. The molecule has 0 aliphatic rings. The Kier molecular flexibility index (Phi) is 4.43. The number of nitrogens with one attached hydrogen (secondary N) is 1. The van der Waals surface area contributed by atoms with Crippen LogP contribution >= 0.6 is 11.3 Å². The lowest BCUT2D eigenvalue weighted by Gasteiger charge is -2.27. The van der Waals surface area contributed by atoms with Crippen molar-refractivity contribution in [1.82, 2.24) is 14.9 Å². The van der Waals surface area contributed by atoms with Crippen LogP contribution in [-0.2, 0) is 11.3 Å². The number of hydrogen-bond donors (Lipinski definition) is 1. The Morgan fingerprint density at radius 1 is 1.52 bits per heavy atom. The summed E-state index contributed by atoms with van der Waals surface area (Å²) in [5.74, 6) is 2.36. The van der Waals surface area contributed by atoms with E-state index in [-0.39, 0.29) is 18.0 Å². The van der Waals surface area contributed by atoms with E-state index in [1.54, 1.807) is 11.4 Å². The molecule has 2 aromatic rings. The van der Waals surface area contributed by atoms with Crippen LogP contribution in [0.1, 0.15) is 26.7 Å². The third-order valence-electron chi connectivity index (χ3n) is 3.63. The molecule has 0 aliphatic carbocycles. The van der Waals surface area contributed by atoms with E-state index in [1.807, 2.05) is 13.8 Å². The van der Waals surface area contributed by atoms with E-state index in [2.05, 4.69) is 16.2 Å². The van der Waals surface area contributed by atoms with Crippen molar-refractivity contribution < 1.29 is 4.79 Å². The van der Waals surface area contributed by atoms with Gasteiger partial charge >= 0.3 is 0 Å². The normalized spacial score (nSPS) is 11.3. The average Bonchev–Trinajstić information content (AvgIpc) is 2.97. The summed E-state index contributed by atoms with van der Waals surface area (Å²) in [5.41, 5.74) is -0.864. The Balaban J connectivity index is 2.20. The molecule has 0 aliphatic heterocycles. The maximum Gasteiger partial charge on any atom is 0.262 e. The smallest absolute Gasteiger partial charge is 0.262 e. The molecule has 0 bridgehead atoms. The molecule has 2 aromatic heterocycles. The van der Waals surface area contributed by atoms with Crippen molar-refractivity contribution in [2.75, 3.05) is 0 Å². The molecule has 0 spiro atoms. The lowest BCUT2D eigenvalue weighted by Crippen LogP contribution is -2.48. The number of rotatable bonds is 5. The molecular weight excluding hydrogens is 286 g/mol. The summed E-state index contributed by atoms with van der Waals surface area (Å²) in [5, 5.41) is 5.18. The molecule has 1 N–H and O–H groups in total. The van der Waals surface area contributed by atoms with Crippen LogP contribution in [0.15, 0.2) is 22.6 Å². The predicted molar refractivity (Wildman–Crippen MR) is 84.2 cm³/mol. The fourth-order valence-electron chi connectivity index (χ4n) is 2.13. The van der Waals surface area contributed by atoms with Crippen molar-refractivity contribution in [3.63, 3.8) is 0 Å². The van der Waals surface area contributed by atoms with Crippen molar-refractivity contribution >= 4 is 27.5 Å². The average molecular weight is 303 g/mol. The summed E-state index contributed by atoms with van der Waals surface area (Å²) in [4.78, 5) is 29.2. The summed E-state index contributed by atoms with van der Waals surface area (Å²) in [6.07, 6.45) is 8.20. The van der Waals surface area contributed by atoms with Crippen LogP contribution in [0.2, 0.25) is 0 Å². The van der Waals surface area contributed by atoms with Gasteiger partial charge in [0.15, 0.2) is 0 Å². The molecule has 1 amide bonds. The quantitative estimate of drug-likeness (QED) is 0.856. The predicted octanol–water partition coefficient (Wildman–Crippen LogP) is 1.77. The van der Waals surface area contributed by atoms with Crippen LogP contribution in [0.3, 0.4) is 0 Å². The molecule has 0 fully saturated rings. The van der Waals surface area contributed by atoms with E-state index in [0.29, 0.717) is 23.1 Å². The Hall–Kier alpha value is -2.13. The number of thiophene rings is 1. The first-order valence-corrected chi connectivity index (χ1v) is 7.64. The first kappa shape index (κ1) is 15.3. The van der Waals surface area contributed by atoms with Gasteiger partial charge < -0.3 is 5.32 Å². The molecule has 110 valence electrons. The van der Waals surface area contributed by atoms with E-state index >= 15 is 0 Å². The van der Waals surface area contributed by atoms with Crippen molar-refractivity contribution in [3.8, 4) is 12.3 Å². The summed E-state index contributed by atoms with van der Waals surface area (Å²) >= 11 is 1.40. The van der Waals surface area contributed by atoms with Crippen LogP contribution < -0.4 is 10.9 Å². The minimum absolute atomic E-state index is 0.0823. The molecule has 0 saturated heterocycles. The second-order valence-corrected chi connectivity index (χ2v) is 5.69. The number of aromatic nitrogens is 2. The molecule has 0 radical (unpaired) electrons. The number of carbonyl (C=O) groups excluding carboxylic acids is 1. The number of terminal acetylenes is 1. The maximum absolute atomic E-state index is 12.2. The van der Waals surface area contributed by atoms with E-state index in [9.17, 15) is 9.59 Å². The van der Waals surface area contributed by atoms with Gasteiger partial charge in [0, 0.05) is 0 Å². The van der Waals surface area contributed by atoms with Gasteiger partial charge in [-0.2, -0.15) is 0 Å². The zero-order valence-corrected chi connectivity index (χ0v) is 12.9. The second-order valence-electron chi connectivity index (χ2n) is 4.80. The number of fused-ring (bicyclic) bond motifs is 1. The SMILES string of the molecule is C#CC(CC)(CC)NC(=O)Cn1cnc2sccc2c1=O. The molecule has 21 heavy (non-hydrogen) atoms. The zero-order chi connectivity index (χ0) is 15.5. The first-order chi connectivity index (χ1) is 10.0. The minimum Gasteiger partial charge on any atom is -0.338 e. The molecule has 0 saturated carbocycles. The van der Waals surface area contributed by atoms with Crippen molar-refractivity contribution in [3.05, 3.63) is 28.1 Å². The fourth-order valence-corrected chi connectivity index (χ4v) is 2.86. The van der Waals surface area contributed by atoms with Crippen LogP contribution in [0.4, 0.5) is 0 Å². The highest BCUT2D eigenvalue weighted by molar-refractivity contribution is 7.16. The van der Waals surface area contributed by atoms with E-state index in [0.717, 1.165) is 0 Å². The molecule has 0 unspecified atom stereocenters. The Morgan fingerprint density at radius 2 is 2.24 bits per heavy atom. The van der Waals surface area contributed by atoms with Gasteiger partial charge in [-0.1, -0.05) is 19.8 Å². The summed E-state index contributed by atoms with van der Waals surface area (Å²) in [7, 11) is 0. The van der Waals surface area contributed by atoms with Gasteiger partial charge in [-0.25, -0.2) is 4.98 Å². The first-order valence-electron chi connectivity index (χ1n) is 6.76. The molecule has 5 nitrogen and oxygen atoms in total. The third kappa shape index (κ3) is 2.98. The Labute approximate surface area is 127 Å². The number of carbonyl (C=O) groups is 1. The van der Waals surface area contributed by atoms with Crippen LogP contribution in [-0.4, -0.2) is 21.0 Å². The molecular formula is C15H17N3O2S. The standard InChI is InChI=1S/C15H17N3O2S/c1-4-15(5-2,6-3)17-12(19)9-18-10-16-13-11(14(18)20)7-8-21-13/h1,7-8,10H,5-6,9H2,2-3H3,(H,17,19). The van der Waals surface area contributed by atoms with Gasteiger partial charge in [0.2, 0.25) is 5.91 Å². The van der Waals surface area contributed by atoms with Crippen LogP contribution in [0, 0.1) is 12.3 Å². The fraction of sp³-hybridized carbons (Fsp3) is 0.400. The molecule has 6 heteroatoms. The maximum atomic E-state index is 12.2. The Bertz CT molecular complexity index is 750. The van der Waals surface area contributed by atoms with Crippen LogP contribution in [0.5, 0.6) is 0 Å². The number of nitrogens with zero attached hydrogens (tertiary/aromatic N) is 2. The Morgan fingerprint density at radius 3 is 2.86 bits per heavy atom. The van der Waals surface area contributed by atoms with Crippen molar-refractivity contribution in [2.24, 2.45) is 0 Å². The van der Waals surface area contributed by atoms with Gasteiger partial charge in [0.05, 0.1) is 11.7 Å². The van der Waals surface area contributed by atoms with E-state index in [1.165, 1.54) is 22.2 Å². The number of hydrogen-bond acceptors (Lipinski definition) is 4. The lowest BCUT2D eigenvalue weighted by atomic mass is 9.94. The molecule has 2 heterocycles. The minimum atomic E-state index is -0.652. The second kappa shape index (κ2) is 6.10. The summed E-state index contributed by atoms with van der Waals surface area (Å²) in [6.45, 7) is 3.77. The largest absolute Gasteiger partial charge is 0.338 e. The molecule has 0 aromatic carbocycles. The summed E-state index contributed by atoms with van der Waals surface area (Å²) < 4.78 is 1.30. The van der Waals surface area contributed by atoms with Gasteiger partial charge in [-0.3, -0.25) is 14.2 Å². The zero-order valence-electron chi connectivity index (χ0n) is 12.0. The highest BCUT2D eigenvalue weighted by Gasteiger charge is 2.25. The van der Waals surface area contributed by atoms with E-state index in [4.69, 9.17) is 6.42 Å². The third-order valence-corrected chi connectivity index (χ3v) is 4.45. The van der Waals surface area contributed by atoms with Crippen LogP contribution in [0.25, 0.3) is 10.2 Å². The van der Waals surface area contributed by atoms with Crippen molar-refractivity contribution in [1.29, 1.82) is 0 Å². The lowest BCUT2D eigenvalue weighted by molar-refractivity contribution is -0.123. The van der Waals surface area contributed by atoms with Gasteiger partial charge in [0.1, 0.15) is 16.9 Å².